The molecule has 0 saturated carbocycles. The first-order valence-corrected chi connectivity index (χ1v) is 7.91. The van der Waals surface area contributed by atoms with Gasteiger partial charge in [0.1, 0.15) is 0 Å². The summed E-state index contributed by atoms with van der Waals surface area (Å²) in [6, 6.07) is 9.85. The van der Waals surface area contributed by atoms with E-state index in [-0.39, 0.29) is 4.47 Å². The lowest BCUT2D eigenvalue weighted by atomic mass is 9.80. The molecule has 0 fully saturated rings. The van der Waals surface area contributed by atoms with Gasteiger partial charge in [0.2, 0.25) is 0 Å². The molecule has 1 atom stereocenters. The van der Waals surface area contributed by atoms with Gasteiger partial charge in [-0.15, -0.1) is 0 Å². The average molecular weight is 424 g/mol. The summed E-state index contributed by atoms with van der Waals surface area (Å²) >= 11 is 3.04. The third-order valence-corrected chi connectivity index (χ3v) is 4.33. The monoisotopic (exact) mass is 423 g/mol. The summed E-state index contributed by atoms with van der Waals surface area (Å²) in [7, 11) is 3.22. The molecule has 0 aliphatic heterocycles. The zero-order chi connectivity index (χ0) is 19.0. The highest BCUT2D eigenvalue weighted by Gasteiger charge is 2.71. The van der Waals surface area contributed by atoms with E-state index < -0.39 is 28.8 Å². The van der Waals surface area contributed by atoms with Crippen LogP contribution in [0.1, 0.15) is 11.1 Å². The topological polar surface area (TPSA) is 23.5 Å². The number of benzene rings is 2. The van der Waals surface area contributed by atoms with Gasteiger partial charge in [-0.05, 0) is 35.4 Å². The van der Waals surface area contributed by atoms with Crippen LogP contribution < -0.4 is 4.90 Å². The molecule has 2 aromatic carbocycles. The Morgan fingerprint density at radius 3 is 1.88 bits per heavy atom. The van der Waals surface area contributed by atoms with E-state index in [9.17, 15) is 27.1 Å². The van der Waals surface area contributed by atoms with Crippen molar-refractivity contribution < 1.29 is 27.1 Å². The minimum Gasteiger partial charge on any atom is -0.378 e. The summed E-state index contributed by atoms with van der Waals surface area (Å²) in [5.41, 5.74) is -4.33. The highest BCUT2D eigenvalue weighted by Crippen LogP contribution is 2.52. The number of anilines is 1. The van der Waals surface area contributed by atoms with Crippen LogP contribution in [0.4, 0.5) is 27.6 Å². The summed E-state index contributed by atoms with van der Waals surface area (Å²) in [6.07, 6.45) is -5.95. The van der Waals surface area contributed by atoms with Crippen molar-refractivity contribution in [3.63, 3.8) is 0 Å². The van der Waals surface area contributed by atoms with Crippen LogP contribution in [0.3, 0.4) is 0 Å². The van der Waals surface area contributed by atoms with Gasteiger partial charge in [0.25, 0.3) is 0 Å². The first-order chi connectivity index (χ1) is 11.4. The molecule has 0 bridgehead atoms. The maximum atomic E-state index is 14.4. The molecular formula is C17H15BrF5NO. The van der Waals surface area contributed by atoms with E-state index in [1.165, 1.54) is 29.2 Å². The number of hydrogen-bond donors (Lipinski definition) is 1. The highest BCUT2D eigenvalue weighted by molar-refractivity contribution is 9.10. The maximum Gasteiger partial charge on any atom is 0.457 e. The number of alkyl halides is 5. The lowest BCUT2D eigenvalue weighted by Crippen LogP contribution is -2.55. The molecule has 0 radical (unpaired) electrons. The van der Waals surface area contributed by atoms with Gasteiger partial charge < -0.3 is 10.0 Å². The molecule has 0 aliphatic rings. The fourth-order valence-corrected chi connectivity index (χ4v) is 2.86. The first-order valence-electron chi connectivity index (χ1n) is 7.12. The smallest absolute Gasteiger partial charge is 0.378 e. The van der Waals surface area contributed by atoms with Crippen molar-refractivity contribution in [3.8, 4) is 0 Å². The number of nitrogens with zero attached hydrogens (tertiary/aromatic N) is 1. The Hall–Kier alpha value is -1.67. The van der Waals surface area contributed by atoms with Crippen molar-refractivity contribution >= 4 is 21.6 Å². The molecule has 1 N–H and O–H groups in total. The number of halogens is 6. The van der Waals surface area contributed by atoms with Crippen LogP contribution in [-0.4, -0.2) is 31.3 Å². The Kier molecular flexibility index (Phi) is 5.16. The highest BCUT2D eigenvalue weighted by atomic mass is 79.9. The molecule has 0 amide bonds. The summed E-state index contributed by atoms with van der Waals surface area (Å²) in [5.74, 6) is -5.41. The normalized spacial score (nSPS) is 14.9. The Morgan fingerprint density at radius 2 is 1.40 bits per heavy atom. The fraction of sp³-hybridized carbons (Fsp3) is 0.294. The molecule has 0 saturated heterocycles. The number of aliphatic hydroxyl groups is 1. The standard InChI is InChI=1S/C17H15BrF5NO/c1-24(2)14-8-4-6-12(10-14)15(25,16(19,20)17(21,22)23)11-5-3-7-13(18)9-11/h3-10,25H,1-2H3. The van der Waals surface area contributed by atoms with Gasteiger partial charge in [-0.3, -0.25) is 0 Å². The van der Waals surface area contributed by atoms with Crippen LogP contribution in [0, 0.1) is 0 Å². The van der Waals surface area contributed by atoms with Gasteiger partial charge in [-0.25, -0.2) is 0 Å². The van der Waals surface area contributed by atoms with Crippen LogP contribution >= 0.6 is 15.9 Å². The van der Waals surface area contributed by atoms with Gasteiger partial charge in [0.15, 0.2) is 5.60 Å². The summed E-state index contributed by atoms with van der Waals surface area (Å²) in [5, 5.41) is 10.7. The van der Waals surface area contributed by atoms with Crippen molar-refractivity contribution in [1.82, 2.24) is 0 Å². The van der Waals surface area contributed by atoms with E-state index >= 15 is 0 Å². The lowest BCUT2D eigenvalue weighted by Gasteiger charge is -2.38. The molecule has 0 aliphatic carbocycles. The van der Waals surface area contributed by atoms with Crippen molar-refractivity contribution in [2.45, 2.75) is 17.7 Å². The molecule has 0 aromatic heterocycles. The Balaban J connectivity index is 2.80. The Labute approximate surface area is 150 Å². The van der Waals surface area contributed by atoms with Crippen LogP contribution in [0.15, 0.2) is 53.0 Å². The van der Waals surface area contributed by atoms with Crippen LogP contribution in [-0.2, 0) is 5.60 Å². The van der Waals surface area contributed by atoms with Gasteiger partial charge in [0, 0.05) is 24.3 Å². The second-order valence-electron chi connectivity index (χ2n) is 5.74. The molecule has 2 aromatic rings. The third kappa shape index (κ3) is 3.37. The second-order valence-corrected chi connectivity index (χ2v) is 6.65. The van der Waals surface area contributed by atoms with Crippen molar-refractivity contribution in [2.24, 2.45) is 0 Å². The zero-order valence-corrected chi connectivity index (χ0v) is 14.9. The summed E-state index contributed by atoms with van der Waals surface area (Å²) in [6.45, 7) is 0. The van der Waals surface area contributed by atoms with Gasteiger partial charge in [0.05, 0.1) is 0 Å². The first kappa shape index (κ1) is 19.7. The predicted octanol–water partition coefficient (Wildman–Crippen LogP) is 4.95. The molecule has 0 spiro atoms. The predicted molar refractivity (Wildman–Crippen MR) is 88.9 cm³/mol. The van der Waals surface area contributed by atoms with Crippen LogP contribution in [0.5, 0.6) is 0 Å². The van der Waals surface area contributed by atoms with Crippen LogP contribution in [0.2, 0.25) is 0 Å². The minimum absolute atomic E-state index is 0.269. The molecule has 0 heterocycles. The zero-order valence-electron chi connectivity index (χ0n) is 13.3. The molecular weight excluding hydrogens is 409 g/mol. The SMILES string of the molecule is CN(C)c1cccc(C(O)(c2cccc(Br)c2)C(F)(F)C(F)(F)F)c1. The molecule has 2 rings (SSSR count). The number of hydrogen-bond acceptors (Lipinski definition) is 2. The largest absolute Gasteiger partial charge is 0.457 e. The second kappa shape index (κ2) is 6.57. The Bertz CT molecular complexity index is 763. The van der Waals surface area contributed by atoms with Crippen LogP contribution in [0.25, 0.3) is 0 Å². The summed E-state index contributed by atoms with van der Waals surface area (Å²) < 4.78 is 68.5. The van der Waals surface area contributed by atoms with Gasteiger partial charge >= 0.3 is 12.1 Å². The van der Waals surface area contributed by atoms with E-state index in [1.54, 1.807) is 14.1 Å². The molecule has 1 unspecified atom stereocenters. The summed E-state index contributed by atoms with van der Waals surface area (Å²) in [4.78, 5) is 1.54. The average Bonchev–Trinajstić information content (AvgIpc) is 2.53. The molecule has 136 valence electrons. The van der Waals surface area contributed by atoms with E-state index in [1.807, 2.05) is 0 Å². The van der Waals surface area contributed by atoms with Gasteiger partial charge in [-0.1, -0.05) is 40.2 Å². The quantitative estimate of drug-likeness (QED) is 0.703. The Morgan fingerprint density at radius 1 is 0.880 bits per heavy atom. The fourth-order valence-electron chi connectivity index (χ4n) is 2.46. The van der Waals surface area contributed by atoms with E-state index in [0.717, 1.165) is 24.3 Å². The molecule has 2 nitrogen and oxygen atoms in total. The molecule has 8 heteroatoms. The molecule has 25 heavy (non-hydrogen) atoms. The van der Waals surface area contributed by atoms with E-state index in [2.05, 4.69) is 15.9 Å². The van der Waals surface area contributed by atoms with Crippen molar-refractivity contribution in [1.29, 1.82) is 0 Å². The number of rotatable bonds is 4. The lowest BCUT2D eigenvalue weighted by molar-refractivity contribution is -0.336. The minimum atomic E-state index is -5.95. The maximum absolute atomic E-state index is 14.4. The third-order valence-electron chi connectivity index (χ3n) is 3.83. The van der Waals surface area contributed by atoms with E-state index in [0.29, 0.717) is 5.69 Å². The van der Waals surface area contributed by atoms with E-state index in [4.69, 9.17) is 0 Å². The van der Waals surface area contributed by atoms with Gasteiger partial charge in [-0.2, -0.15) is 22.0 Å². The van der Waals surface area contributed by atoms with Crippen molar-refractivity contribution in [3.05, 3.63) is 64.1 Å². The van der Waals surface area contributed by atoms with Crippen molar-refractivity contribution in [2.75, 3.05) is 19.0 Å².